The predicted molar refractivity (Wildman–Crippen MR) is 73.0 cm³/mol. The van der Waals surface area contributed by atoms with E-state index in [0.717, 1.165) is 37.2 Å². The van der Waals surface area contributed by atoms with E-state index in [1.165, 1.54) is 10.9 Å². The van der Waals surface area contributed by atoms with Crippen molar-refractivity contribution in [1.29, 1.82) is 0 Å². The minimum Gasteiger partial charge on any atom is -0.488 e. The van der Waals surface area contributed by atoms with Gasteiger partial charge in [-0.3, -0.25) is 4.98 Å². The topological polar surface area (TPSA) is 34.1 Å². The number of aryl methyl sites for hydroxylation is 1. The molecule has 1 aliphatic heterocycles. The Morgan fingerprint density at radius 3 is 2.89 bits per heavy atom. The summed E-state index contributed by atoms with van der Waals surface area (Å²) in [6.07, 6.45) is 4.32. The third-order valence-electron chi connectivity index (χ3n) is 3.53. The van der Waals surface area contributed by atoms with Gasteiger partial charge in [-0.15, -0.1) is 0 Å². The Hall–Kier alpha value is -1.61. The van der Waals surface area contributed by atoms with E-state index in [2.05, 4.69) is 23.3 Å². The number of hydrogen-bond acceptors (Lipinski definition) is 3. The number of aromatic nitrogens is 1. The van der Waals surface area contributed by atoms with Crippen molar-refractivity contribution < 1.29 is 4.74 Å². The highest BCUT2D eigenvalue weighted by molar-refractivity contribution is 5.86. The first-order valence-electron chi connectivity index (χ1n) is 6.56. The van der Waals surface area contributed by atoms with Crippen LogP contribution in [0.15, 0.2) is 30.5 Å². The molecule has 0 spiro atoms. The molecule has 0 bridgehead atoms. The summed E-state index contributed by atoms with van der Waals surface area (Å²) in [4.78, 5) is 4.47. The number of ether oxygens (including phenoxy) is 1. The molecule has 1 aliphatic rings. The summed E-state index contributed by atoms with van der Waals surface area (Å²) < 4.78 is 6.12. The minimum absolute atomic E-state index is 0.319. The van der Waals surface area contributed by atoms with Crippen LogP contribution in [0.2, 0.25) is 0 Å². The summed E-state index contributed by atoms with van der Waals surface area (Å²) in [6.45, 7) is 4.20. The molecule has 0 aliphatic carbocycles. The molecule has 2 heterocycles. The summed E-state index contributed by atoms with van der Waals surface area (Å²) in [6, 6.07) is 8.22. The molecule has 0 unspecified atom stereocenters. The first kappa shape index (κ1) is 11.5. The lowest BCUT2D eigenvalue weighted by molar-refractivity contribution is 0.164. The molecule has 1 fully saturated rings. The zero-order valence-corrected chi connectivity index (χ0v) is 10.6. The van der Waals surface area contributed by atoms with E-state index in [0.29, 0.717) is 6.10 Å². The quantitative estimate of drug-likeness (QED) is 0.879. The van der Waals surface area contributed by atoms with Crippen LogP contribution in [-0.2, 0) is 0 Å². The molecule has 0 saturated carbocycles. The summed E-state index contributed by atoms with van der Waals surface area (Å²) in [5.41, 5.74) is 2.23. The van der Waals surface area contributed by atoms with Crippen LogP contribution >= 0.6 is 0 Å². The lowest BCUT2D eigenvalue weighted by Gasteiger charge is -2.24. The second-order valence-electron chi connectivity index (χ2n) is 4.85. The van der Waals surface area contributed by atoms with Crippen molar-refractivity contribution >= 4 is 10.9 Å². The third kappa shape index (κ3) is 2.18. The molecule has 1 aromatic carbocycles. The lowest BCUT2D eigenvalue weighted by atomic mass is 10.1. The zero-order valence-electron chi connectivity index (χ0n) is 10.6. The Balaban J connectivity index is 1.93. The molecule has 18 heavy (non-hydrogen) atoms. The summed E-state index contributed by atoms with van der Waals surface area (Å²) in [5, 5.41) is 4.54. The van der Waals surface area contributed by atoms with E-state index in [1.54, 1.807) is 0 Å². The van der Waals surface area contributed by atoms with E-state index in [-0.39, 0.29) is 0 Å². The Labute approximate surface area is 107 Å². The zero-order chi connectivity index (χ0) is 12.4. The minimum atomic E-state index is 0.319. The number of rotatable bonds is 2. The maximum absolute atomic E-state index is 6.12. The smallest absolute Gasteiger partial charge is 0.145 e. The Morgan fingerprint density at radius 2 is 2.06 bits per heavy atom. The van der Waals surface area contributed by atoms with Crippen LogP contribution in [0.25, 0.3) is 10.9 Å². The van der Waals surface area contributed by atoms with Gasteiger partial charge >= 0.3 is 0 Å². The lowest BCUT2D eigenvalue weighted by Crippen LogP contribution is -2.34. The van der Waals surface area contributed by atoms with Gasteiger partial charge in [0.2, 0.25) is 0 Å². The largest absolute Gasteiger partial charge is 0.488 e. The molecule has 94 valence electrons. The molecule has 0 radical (unpaired) electrons. The molecular formula is C15H18N2O. The third-order valence-corrected chi connectivity index (χ3v) is 3.53. The van der Waals surface area contributed by atoms with Gasteiger partial charge < -0.3 is 10.1 Å². The Kier molecular flexibility index (Phi) is 3.15. The van der Waals surface area contributed by atoms with Gasteiger partial charge in [0.25, 0.3) is 0 Å². The molecular weight excluding hydrogens is 224 g/mol. The van der Waals surface area contributed by atoms with Crippen LogP contribution in [0.1, 0.15) is 18.4 Å². The maximum atomic E-state index is 6.12. The number of pyridine rings is 1. The second-order valence-corrected chi connectivity index (χ2v) is 4.85. The average Bonchev–Trinajstić information content (AvgIpc) is 2.41. The Bertz CT molecular complexity index is 547. The number of nitrogens with zero attached hydrogens (tertiary/aromatic N) is 1. The van der Waals surface area contributed by atoms with E-state index < -0.39 is 0 Å². The van der Waals surface area contributed by atoms with Gasteiger partial charge in [0.1, 0.15) is 17.4 Å². The van der Waals surface area contributed by atoms with Gasteiger partial charge in [-0.05, 0) is 50.6 Å². The maximum Gasteiger partial charge on any atom is 0.145 e. The van der Waals surface area contributed by atoms with Crippen molar-refractivity contribution in [2.24, 2.45) is 0 Å². The fraction of sp³-hybridized carbons (Fsp3) is 0.400. The fourth-order valence-electron chi connectivity index (χ4n) is 2.48. The molecule has 0 atom stereocenters. The van der Waals surface area contributed by atoms with Crippen LogP contribution < -0.4 is 10.1 Å². The highest BCUT2D eigenvalue weighted by Gasteiger charge is 2.16. The van der Waals surface area contributed by atoms with Gasteiger partial charge in [0.05, 0.1) is 0 Å². The molecule has 1 N–H and O–H groups in total. The van der Waals surface area contributed by atoms with Gasteiger partial charge in [-0.2, -0.15) is 0 Å². The molecule has 3 rings (SSSR count). The monoisotopic (exact) mass is 242 g/mol. The van der Waals surface area contributed by atoms with Crippen molar-refractivity contribution in [1.82, 2.24) is 10.3 Å². The first-order chi connectivity index (χ1) is 8.84. The summed E-state index contributed by atoms with van der Waals surface area (Å²) in [5.74, 6) is 0.920. The summed E-state index contributed by atoms with van der Waals surface area (Å²) >= 11 is 0. The molecule has 2 aromatic rings. The molecule has 1 saturated heterocycles. The first-order valence-corrected chi connectivity index (χ1v) is 6.56. The highest BCUT2D eigenvalue weighted by Crippen LogP contribution is 2.27. The van der Waals surface area contributed by atoms with Crippen molar-refractivity contribution in [2.75, 3.05) is 13.1 Å². The van der Waals surface area contributed by atoms with E-state index >= 15 is 0 Å². The van der Waals surface area contributed by atoms with Gasteiger partial charge in [0.15, 0.2) is 0 Å². The fourth-order valence-corrected chi connectivity index (χ4v) is 2.48. The number of piperidine rings is 1. The second kappa shape index (κ2) is 4.94. The van der Waals surface area contributed by atoms with Gasteiger partial charge in [-0.25, -0.2) is 0 Å². The van der Waals surface area contributed by atoms with Crippen LogP contribution in [0, 0.1) is 6.92 Å². The van der Waals surface area contributed by atoms with E-state index in [9.17, 15) is 0 Å². The predicted octanol–water partition coefficient (Wildman–Crippen LogP) is 2.67. The molecule has 3 nitrogen and oxygen atoms in total. The highest BCUT2D eigenvalue weighted by atomic mass is 16.5. The van der Waals surface area contributed by atoms with Crippen molar-refractivity contribution in [3.63, 3.8) is 0 Å². The van der Waals surface area contributed by atoms with Crippen LogP contribution in [0.3, 0.4) is 0 Å². The average molecular weight is 242 g/mol. The SMILES string of the molecule is Cc1ccnc2c(OC3CCNCC3)cccc12. The summed E-state index contributed by atoms with van der Waals surface area (Å²) in [7, 11) is 0. The molecule has 1 aromatic heterocycles. The van der Waals surface area contributed by atoms with Crippen molar-refractivity contribution in [2.45, 2.75) is 25.9 Å². The Morgan fingerprint density at radius 1 is 1.22 bits per heavy atom. The molecule has 0 amide bonds. The van der Waals surface area contributed by atoms with Gasteiger partial charge in [-0.1, -0.05) is 12.1 Å². The van der Waals surface area contributed by atoms with Crippen LogP contribution in [0.4, 0.5) is 0 Å². The molecule has 3 heteroatoms. The number of fused-ring (bicyclic) bond motifs is 1. The van der Waals surface area contributed by atoms with E-state index in [1.807, 2.05) is 24.4 Å². The van der Waals surface area contributed by atoms with Crippen LogP contribution in [0.5, 0.6) is 5.75 Å². The van der Waals surface area contributed by atoms with Crippen molar-refractivity contribution in [3.05, 3.63) is 36.0 Å². The number of benzene rings is 1. The van der Waals surface area contributed by atoms with E-state index in [4.69, 9.17) is 4.74 Å². The number of nitrogens with one attached hydrogen (secondary N) is 1. The number of para-hydroxylation sites is 1. The van der Waals surface area contributed by atoms with Crippen molar-refractivity contribution in [3.8, 4) is 5.75 Å². The van der Waals surface area contributed by atoms with Crippen LogP contribution in [-0.4, -0.2) is 24.2 Å². The normalized spacial score (nSPS) is 16.9. The number of hydrogen-bond donors (Lipinski definition) is 1. The standard InChI is InChI=1S/C15H18N2O/c1-11-5-10-17-15-13(11)3-2-4-14(15)18-12-6-8-16-9-7-12/h2-5,10,12,16H,6-9H2,1H3. The van der Waals surface area contributed by atoms with Gasteiger partial charge in [0, 0.05) is 11.6 Å².